The molecule has 0 unspecified atom stereocenters. The molecule has 4 aromatic rings. The highest BCUT2D eigenvalue weighted by molar-refractivity contribution is 6.04. The summed E-state index contributed by atoms with van der Waals surface area (Å²) in [5.74, 6) is 0.162. The number of benzene rings is 2. The number of alkyl halides is 3. The number of carbonyl (C=O) groups excluding carboxylic acids is 1. The fourth-order valence-electron chi connectivity index (χ4n) is 5.41. The molecule has 0 atom stereocenters. The molecule has 6 rings (SSSR count). The Hall–Kier alpha value is -4.34. The molecule has 0 spiro atoms. The van der Waals surface area contributed by atoms with Gasteiger partial charge in [-0.1, -0.05) is 57.2 Å². The van der Waals surface area contributed by atoms with Gasteiger partial charge < -0.3 is 16.4 Å². The first-order valence-corrected chi connectivity index (χ1v) is 13.6. The summed E-state index contributed by atoms with van der Waals surface area (Å²) in [5, 5.41) is 11.4. The second-order valence-corrected chi connectivity index (χ2v) is 11.9. The van der Waals surface area contributed by atoms with Gasteiger partial charge in [0.15, 0.2) is 0 Å². The number of carbonyl (C=O) groups is 1. The normalized spacial score (nSPS) is 15.8. The van der Waals surface area contributed by atoms with E-state index in [9.17, 15) is 18.0 Å². The molecular formula is C31H31F3N6O. The Balaban J connectivity index is 1.29. The van der Waals surface area contributed by atoms with Crippen molar-refractivity contribution in [2.45, 2.75) is 63.7 Å². The van der Waals surface area contributed by atoms with Crippen LogP contribution in [0, 0.1) is 0 Å². The van der Waals surface area contributed by atoms with Gasteiger partial charge in [0.2, 0.25) is 0 Å². The van der Waals surface area contributed by atoms with Crippen molar-refractivity contribution < 1.29 is 18.0 Å². The Morgan fingerprint density at radius 3 is 2.39 bits per heavy atom. The maximum absolute atomic E-state index is 13.2. The Morgan fingerprint density at radius 2 is 1.76 bits per heavy atom. The first kappa shape index (κ1) is 26.9. The van der Waals surface area contributed by atoms with E-state index in [0.717, 1.165) is 60.0 Å². The number of fused-ring (bicyclic) bond motifs is 2. The molecule has 41 heavy (non-hydrogen) atoms. The zero-order valence-electron chi connectivity index (χ0n) is 23.1. The SMILES string of the molecule is CC(C)(C)c1ccc2c(c1)CCn1nc(-c3ccc(C4(Nc5cc(C(F)(F)F)ccn5)CC4)cc3)c(C(N)=O)c1N2. The first-order valence-electron chi connectivity index (χ1n) is 13.6. The third-order valence-corrected chi connectivity index (χ3v) is 7.93. The molecule has 0 radical (unpaired) electrons. The van der Waals surface area contributed by atoms with Crippen molar-refractivity contribution in [3.8, 4) is 11.3 Å². The maximum atomic E-state index is 13.2. The van der Waals surface area contributed by atoms with Crippen LogP contribution in [0.1, 0.15) is 66.2 Å². The number of aromatic nitrogens is 3. The zero-order valence-corrected chi connectivity index (χ0v) is 23.1. The third kappa shape index (κ3) is 5.03. The molecule has 7 nitrogen and oxygen atoms in total. The largest absolute Gasteiger partial charge is 0.416 e. The summed E-state index contributed by atoms with van der Waals surface area (Å²) < 4.78 is 41.3. The molecule has 1 fully saturated rings. The van der Waals surface area contributed by atoms with Crippen LogP contribution in [0.15, 0.2) is 60.8 Å². The minimum Gasteiger partial charge on any atom is -0.365 e. The van der Waals surface area contributed by atoms with E-state index in [1.807, 2.05) is 30.3 Å². The molecule has 212 valence electrons. The molecule has 10 heteroatoms. The van der Waals surface area contributed by atoms with Crippen molar-refractivity contribution in [2.75, 3.05) is 10.6 Å². The van der Waals surface area contributed by atoms with Crippen molar-refractivity contribution in [3.63, 3.8) is 0 Å². The van der Waals surface area contributed by atoms with E-state index in [1.54, 1.807) is 4.68 Å². The number of primary amides is 1. The molecule has 2 aromatic carbocycles. The number of halogens is 3. The first-order chi connectivity index (χ1) is 19.3. The highest BCUT2D eigenvalue weighted by Gasteiger charge is 2.45. The van der Waals surface area contributed by atoms with Crippen LogP contribution >= 0.6 is 0 Å². The number of hydrogen-bond acceptors (Lipinski definition) is 5. The monoisotopic (exact) mass is 560 g/mol. The number of nitrogens with one attached hydrogen (secondary N) is 2. The van der Waals surface area contributed by atoms with Gasteiger partial charge in [-0.2, -0.15) is 18.3 Å². The van der Waals surface area contributed by atoms with Gasteiger partial charge in [0, 0.05) is 24.0 Å². The van der Waals surface area contributed by atoms with Crippen LogP contribution in [0.3, 0.4) is 0 Å². The molecule has 2 aliphatic rings. The summed E-state index contributed by atoms with van der Waals surface area (Å²) in [5.41, 5.74) is 10.4. The van der Waals surface area contributed by atoms with Crippen molar-refractivity contribution in [1.29, 1.82) is 0 Å². The molecule has 3 heterocycles. The van der Waals surface area contributed by atoms with Crippen LogP contribution in [-0.4, -0.2) is 20.7 Å². The van der Waals surface area contributed by atoms with E-state index < -0.39 is 23.2 Å². The second-order valence-electron chi connectivity index (χ2n) is 11.9. The minimum absolute atomic E-state index is 0.0187. The molecule has 1 saturated carbocycles. The standard InChI is InChI=1S/C31H31F3N6O/c1-29(2,3)21-8-9-23-19(16-21)11-15-40-28(37-23)25(27(35)41)26(39-40)18-4-6-20(7-5-18)30(12-13-30)38-24-17-22(10-14-36-24)31(32,33)34/h4-10,14,16-17,37H,11-13,15H2,1-3H3,(H2,35,41)(H,36,38). The van der Waals surface area contributed by atoms with Gasteiger partial charge in [0.25, 0.3) is 5.91 Å². The van der Waals surface area contributed by atoms with Crippen molar-refractivity contribution >= 4 is 23.2 Å². The molecule has 1 amide bonds. The van der Waals surface area contributed by atoms with Gasteiger partial charge in [0.1, 0.15) is 22.9 Å². The zero-order chi connectivity index (χ0) is 29.2. The highest BCUT2D eigenvalue weighted by Crippen LogP contribution is 2.49. The lowest BCUT2D eigenvalue weighted by Crippen LogP contribution is -2.20. The number of nitrogens with two attached hydrogens (primary N) is 1. The number of nitrogens with zero attached hydrogens (tertiary/aromatic N) is 3. The highest BCUT2D eigenvalue weighted by atomic mass is 19.4. The van der Waals surface area contributed by atoms with Gasteiger partial charge in [-0.05, 0) is 59.6 Å². The van der Waals surface area contributed by atoms with E-state index in [0.29, 0.717) is 23.6 Å². The predicted molar refractivity (Wildman–Crippen MR) is 152 cm³/mol. The lowest BCUT2D eigenvalue weighted by molar-refractivity contribution is -0.137. The smallest absolute Gasteiger partial charge is 0.365 e. The number of amides is 1. The minimum atomic E-state index is -4.44. The maximum Gasteiger partial charge on any atom is 0.416 e. The molecular weight excluding hydrogens is 529 g/mol. The van der Waals surface area contributed by atoms with Crippen LogP contribution in [0.25, 0.3) is 11.3 Å². The van der Waals surface area contributed by atoms with Crippen LogP contribution in [-0.2, 0) is 30.1 Å². The van der Waals surface area contributed by atoms with Gasteiger partial charge in [0.05, 0.1) is 11.1 Å². The van der Waals surface area contributed by atoms with Crippen molar-refractivity contribution in [2.24, 2.45) is 5.73 Å². The number of rotatable bonds is 5. The topological polar surface area (TPSA) is 97.9 Å². The van der Waals surface area contributed by atoms with Crippen molar-refractivity contribution in [1.82, 2.24) is 14.8 Å². The van der Waals surface area contributed by atoms with Crippen LogP contribution in [0.5, 0.6) is 0 Å². The lowest BCUT2D eigenvalue weighted by atomic mass is 9.85. The van der Waals surface area contributed by atoms with E-state index in [2.05, 4.69) is 48.5 Å². The molecule has 2 aromatic heterocycles. The van der Waals surface area contributed by atoms with Crippen LogP contribution in [0.2, 0.25) is 0 Å². The Bertz CT molecular complexity index is 1650. The van der Waals surface area contributed by atoms with Crippen LogP contribution in [0.4, 0.5) is 30.5 Å². The summed E-state index contributed by atoms with van der Waals surface area (Å²) in [6.45, 7) is 7.11. The molecule has 0 saturated heterocycles. The molecule has 0 bridgehead atoms. The van der Waals surface area contributed by atoms with Gasteiger partial charge in [-0.25, -0.2) is 9.67 Å². The fourth-order valence-corrected chi connectivity index (χ4v) is 5.41. The predicted octanol–water partition coefficient (Wildman–Crippen LogP) is 6.76. The number of hydrogen-bond donors (Lipinski definition) is 3. The Labute approximate surface area is 236 Å². The fraction of sp³-hybridized carbons (Fsp3) is 0.323. The van der Waals surface area contributed by atoms with E-state index in [1.165, 1.54) is 5.56 Å². The Kier molecular flexibility index (Phi) is 6.13. The summed E-state index contributed by atoms with van der Waals surface area (Å²) >= 11 is 0. The molecule has 1 aliphatic carbocycles. The number of pyridine rings is 1. The number of aryl methyl sites for hydroxylation is 2. The average Bonchev–Trinajstić information content (AvgIpc) is 3.64. The van der Waals surface area contributed by atoms with Gasteiger partial charge >= 0.3 is 6.18 Å². The van der Waals surface area contributed by atoms with Gasteiger partial charge in [-0.3, -0.25) is 4.79 Å². The molecule has 1 aliphatic heterocycles. The summed E-state index contributed by atoms with van der Waals surface area (Å²) in [6.07, 6.45) is -1.01. The summed E-state index contributed by atoms with van der Waals surface area (Å²) in [4.78, 5) is 16.8. The van der Waals surface area contributed by atoms with E-state index in [4.69, 9.17) is 10.8 Å². The Morgan fingerprint density at radius 1 is 1.02 bits per heavy atom. The van der Waals surface area contributed by atoms with E-state index >= 15 is 0 Å². The quantitative estimate of drug-likeness (QED) is 0.251. The summed E-state index contributed by atoms with van der Waals surface area (Å²) in [6, 6.07) is 15.9. The molecule has 4 N–H and O–H groups in total. The van der Waals surface area contributed by atoms with Gasteiger partial charge in [-0.15, -0.1) is 0 Å². The average molecular weight is 561 g/mol. The number of anilines is 3. The lowest BCUT2D eigenvalue weighted by Gasteiger charge is -2.21. The third-order valence-electron chi connectivity index (χ3n) is 7.93. The van der Waals surface area contributed by atoms with Crippen LogP contribution < -0.4 is 16.4 Å². The van der Waals surface area contributed by atoms with E-state index in [-0.39, 0.29) is 11.2 Å². The van der Waals surface area contributed by atoms with Crippen molar-refractivity contribution in [3.05, 3.63) is 88.6 Å². The second kappa shape index (κ2) is 9.36. The summed E-state index contributed by atoms with van der Waals surface area (Å²) in [7, 11) is 0.